The molecule has 1 aliphatic heterocycles. The molecule has 0 fully saturated rings. The maximum absolute atomic E-state index is 13.4. The Hall–Kier alpha value is -3.66. The van der Waals surface area contributed by atoms with Crippen molar-refractivity contribution in [1.82, 2.24) is 9.80 Å². The Morgan fingerprint density at radius 3 is 2.46 bits per heavy atom. The summed E-state index contributed by atoms with van der Waals surface area (Å²) in [6.07, 6.45) is 0.0857. The van der Waals surface area contributed by atoms with Crippen LogP contribution in [-0.2, 0) is 9.53 Å². The molecule has 0 saturated carbocycles. The van der Waals surface area contributed by atoms with Gasteiger partial charge in [0.05, 0.1) is 17.7 Å². The van der Waals surface area contributed by atoms with Gasteiger partial charge in [0, 0.05) is 57.0 Å². The summed E-state index contributed by atoms with van der Waals surface area (Å²) in [5.41, 5.74) is 1.00. The first-order valence-electron chi connectivity index (χ1n) is 12.3. The summed E-state index contributed by atoms with van der Waals surface area (Å²) in [5.74, 6) is -0.457. The van der Waals surface area contributed by atoms with Gasteiger partial charge in [-0.05, 0) is 37.3 Å². The molecule has 0 radical (unpaired) electrons. The van der Waals surface area contributed by atoms with Crippen molar-refractivity contribution < 1.29 is 28.2 Å². The molecule has 2 aromatic carbocycles. The first kappa shape index (κ1) is 27.9. The van der Waals surface area contributed by atoms with Crippen LogP contribution in [0.3, 0.4) is 0 Å². The van der Waals surface area contributed by atoms with E-state index in [0.29, 0.717) is 36.4 Å². The molecule has 0 bridgehead atoms. The maximum atomic E-state index is 13.4. The molecule has 0 unspecified atom stereocenters. The summed E-state index contributed by atoms with van der Waals surface area (Å²) in [6, 6.07) is 9.45. The van der Waals surface area contributed by atoms with Gasteiger partial charge >= 0.3 is 6.03 Å². The van der Waals surface area contributed by atoms with Crippen LogP contribution in [0, 0.1) is 11.7 Å². The second kappa shape index (κ2) is 12.5. The average Bonchev–Trinajstić information content (AvgIpc) is 2.87. The number of nitrogens with zero attached hydrogens (tertiary/aromatic N) is 2. The van der Waals surface area contributed by atoms with Gasteiger partial charge in [0.1, 0.15) is 18.2 Å². The van der Waals surface area contributed by atoms with Crippen molar-refractivity contribution in [3.63, 3.8) is 0 Å². The maximum Gasteiger partial charge on any atom is 0.323 e. The van der Waals surface area contributed by atoms with Crippen LogP contribution < -0.4 is 15.4 Å². The van der Waals surface area contributed by atoms with Crippen molar-refractivity contribution in [3.05, 3.63) is 53.8 Å². The molecule has 37 heavy (non-hydrogen) atoms. The molecule has 2 aromatic rings. The third-order valence-electron chi connectivity index (χ3n) is 6.41. The SMILES string of the molecule is CCC(=O)N1C[C@H](C)[C@H](OC)CN(C)C(=O)c2ccc(NC(=O)Nc3cccc(F)c3)cc2OC[C@H]1C. The molecular formula is C27H35FN4O5. The minimum atomic E-state index is -0.577. The molecule has 1 heterocycles. The zero-order valence-corrected chi connectivity index (χ0v) is 21.9. The van der Waals surface area contributed by atoms with E-state index >= 15 is 0 Å². The van der Waals surface area contributed by atoms with E-state index in [1.165, 1.54) is 18.2 Å². The Labute approximate surface area is 216 Å². The zero-order chi connectivity index (χ0) is 27.1. The molecule has 4 amide bonds. The Bertz CT molecular complexity index is 1130. The first-order valence-corrected chi connectivity index (χ1v) is 12.3. The number of fused-ring (bicyclic) bond motifs is 1. The van der Waals surface area contributed by atoms with Gasteiger partial charge in [-0.1, -0.05) is 19.9 Å². The van der Waals surface area contributed by atoms with Gasteiger partial charge in [-0.2, -0.15) is 0 Å². The molecule has 2 N–H and O–H groups in total. The number of ether oxygens (including phenoxy) is 2. The molecule has 0 saturated heterocycles. The highest BCUT2D eigenvalue weighted by Gasteiger charge is 2.30. The van der Waals surface area contributed by atoms with Gasteiger partial charge in [0.25, 0.3) is 5.91 Å². The van der Waals surface area contributed by atoms with Crippen molar-refractivity contribution >= 4 is 29.2 Å². The van der Waals surface area contributed by atoms with E-state index < -0.39 is 11.8 Å². The number of benzene rings is 2. The molecule has 0 aromatic heterocycles. The fourth-order valence-electron chi connectivity index (χ4n) is 4.26. The van der Waals surface area contributed by atoms with Crippen molar-refractivity contribution in [3.8, 4) is 5.75 Å². The van der Waals surface area contributed by atoms with Crippen LogP contribution in [-0.4, -0.2) is 73.6 Å². The molecule has 10 heteroatoms. The number of likely N-dealkylation sites (N-methyl/N-ethyl adjacent to an activating group) is 1. The third-order valence-corrected chi connectivity index (χ3v) is 6.41. The fraction of sp³-hybridized carbons (Fsp3) is 0.444. The van der Waals surface area contributed by atoms with Crippen LogP contribution in [0.25, 0.3) is 0 Å². The van der Waals surface area contributed by atoms with Crippen molar-refractivity contribution in [2.75, 3.05) is 44.5 Å². The van der Waals surface area contributed by atoms with Gasteiger partial charge < -0.3 is 29.9 Å². The molecule has 0 aliphatic carbocycles. The third kappa shape index (κ3) is 7.19. The number of urea groups is 1. The standard InChI is InChI=1S/C27H35FN4O5/c1-6-25(33)32-14-17(2)24(36-5)15-31(4)26(34)22-11-10-21(13-23(22)37-16-18(32)3)30-27(35)29-20-9-7-8-19(28)12-20/h7-13,17-18,24H,6,14-16H2,1-5H3,(H2,29,30,35)/t17-,18+,24+/m0/s1. The van der Waals surface area contributed by atoms with Gasteiger partial charge in [-0.15, -0.1) is 0 Å². The summed E-state index contributed by atoms with van der Waals surface area (Å²) in [4.78, 5) is 41.9. The highest BCUT2D eigenvalue weighted by Crippen LogP contribution is 2.27. The van der Waals surface area contributed by atoms with Gasteiger partial charge in [0.2, 0.25) is 5.91 Å². The summed E-state index contributed by atoms with van der Waals surface area (Å²) in [7, 11) is 3.29. The van der Waals surface area contributed by atoms with E-state index in [1.807, 2.05) is 20.8 Å². The minimum Gasteiger partial charge on any atom is -0.491 e. The van der Waals surface area contributed by atoms with Gasteiger partial charge in [0.15, 0.2) is 0 Å². The van der Waals surface area contributed by atoms with E-state index in [2.05, 4.69) is 10.6 Å². The Morgan fingerprint density at radius 1 is 1.11 bits per heavy atom. The predicted molar refractivity (Wildman–Crippen MR) is 139 cm³/mol. The number of anilines is 2. The molecule has 9 nitrogen and oxygen atoms in total. The van der Waals surface area contributed by atoms with Gasteiger partial charge in [-0.3, -0.25) is 9.59 Å². The summed E-state index contributed by atoms with van der Waals surface area (Å²) >= 11 is 0. The molecule has 0 spiro atoms. The van der Waals surface area contributed by atoms with E-state index in [-0.39, 0.29) is 42.2 Å². The van der Waals surface area contributed by atoms with Crippen LogP contribution in [0.2, 0.25) is 0 Å². The molecule has 1 aliphatic rings. The van der Waals surface area contributed by atoms with E-state index in [9.17, 15) is 18.8 Å². The average molecular weight is 515 g/mol. The molecular weight excluding hydrogens is 479 g/mol. The first-order chi connectivity index (χ1) is 17.6. The van der Waals surface area contributed by atoms with E-state index in [1.54, 1.807) is 48.2 Å². The van der Waals surface area contributed by atoms with Crippen LogP contribution >= 0.6 is 0 Å². The zero-order valence-electron chi connectivity index (χ0n) is 21.9. The summed E-state index contributed by atoms with van der Waals surface area (Å²) in [6.45, 7) is 6.66. The number of hydrogen-bond acceptors (Lipinski definition) is 5. The van der Waals surface area contributed by atoms with E-state index in [4.69, 9.17) is 9.47 Å². The summed E-state index contributed by atoms with van der Waals surface area (Å²) in [5, 5.41) is 5.25. The number of amides is 4. The summed E-state index contributed by atoms with van der Waals surface area (Å²) < 4.78 is 25.2. The molecule has 3 rings (SSSR count). The topological polar surface area (TPSA) is 100 Å². The van der Waals surface area contributed by atoms with E-state index in [0.717, 1.165) is 0 Å². The number of carbonyl (C=O) groups is 3. The number of halogens is 1. The Kier molecular flexibility index (Phi) is 9.46. The highest BCUT2D eigenvalue weighted by atomic mass is 19.1. The smallest absolute Gasteiger partial charge is 0.323 e. The Balaban J connectivity index is 1.88. The number of hydrogen-bond donors (Lipinski definition) is 2. The number of methoxy groups -OCH3 is 1. The second-order valence-electron chi connectivity index (χ2n) is 9.30. The lowest BCUT2D eigenvalue weighted by molar-refractivity contribution is -0.135. The molecule has 3 atom stereocenters. The lowest BCUT2D eigenvalue weighted by Gasteiger charge is -2.36. The number of rotatable bonds is 4. The minimum absolute atomic E-state index is 0.00366. The number of carbonyl (C=O) groups excluding carboxylic acids is 3. The van der Waals surface area contributed by atoms with Gasteiger partial charge in [-0.25, -0.2) is 9.18 Å². The normalized spacial score (nSPS) is 20.7. The van der Waals surface area contributed by atoms with Crippen LogP contribution in [0.1, 0.15) is 37.6 Å². The van der Waals surface area contributed by atoms with Crippen molar-refractivity contribution in [1.29, 1.82) is 0 Å². The van der Waals surface area contributed by atoms with Crippen LogP contribution in [0.5, 0.6) is 5.75 Å². The monoisotopic (exact) mass is 514 g/mol. The van der Waals surface area contributed by atoms with Crippen LogP contribution in [0.15, 0.2) is 42.5 Å². The second-order valence-corrected chi connectivity index (χ2v) is 9.30. The predicted octanol–water partition coefficient (Wildman–Crippen LogP) is 4.21. The van der Waals surface area contributed by atoms with Crippen LogP contribution in [0.4, 0.5) is 20.6 Å². The lowest BCUT2D eigenvalue weighted by atomic mass is 10.0. The largest absolute Gasteiger partial charge is 0.491 e. The fourth-order valence-corrected chi connectivity index (χ4v) is 4.26. The number of nitrogens with one attached hydrogen (secondary N) is 2. The Morgan fingerprint density at radius 2 is 1.81 bits per heavy atom. The highest BCUT2D eigenvalue weighted by molar-refractivity contribution is 6.01. The van der Waals surface area contributed by atoms with Crippen molar-refractivity contribution in [2.24, 2.45) is 5.92 Å². The van der Waals surface area contributed by atoms with Crippen molar-refractivity contribution in [2.45, 2.75) is 39.3 Å². The lowest BCUT2D eigenvalue weighted by Crippen LogP contribution is -2.48. The molecule has 200 valence electrons. The quantitative estimate of drug-likeness (QED) is 0.637.